The van der Waals surface area contributed by atoms with Gasteiger partial charge in [-0.25, -0.2) is 19.6 Å². The van der Waals surface area contributed by atoms with Gasteiger partial charge in [-0.05, 0) is 78.7 Å². The van der Waals surface area contributed by atoms with Crippen molar-refractivity contribution in [3.63, 3.8) is 0 Å². The predicted octanol–water partition coefficient (Wildman–Crippen LogP) is 6.57. The Balaban J connectivity index is 1.73. The SMILES string of the molecule is CCOC1=CC(c2ncc(NC(=O)Nc3ccc(CC(C)(C)NC(=O)OC(C)(C)C)c(C(F)(F)F)c3)c(C)n2)=CCC1=O. The zero-order valence-electron chi connectivity index (χ0n) is 25.2. The van der Waals surface area contributed by atoms with Crippen LogP contribution in [0.25, 0.3) is 5.57 Å². The van der Waals surface area contributed by atoms with Crippen molar-refractivity contribution < 1.29 is 37.0 Å². The van der Waals surface area contributed by atoms with Gasteiger partial charge in [-0.1, -0.05) is 12.1 Å². The highest BCUT2D eigenvalue weighted by Gasteiger charge is 2.36. The molecule has 0 saturated carbocycles. The Hall–Kier alpha value is -4.42. The number of alkyl halides is 3. The second-order valence-corrected chi connectivity index (χ2v) is 11.6. The highest BCUT2D eigenvalue weighted by atomic mass is 19.4. The lowest BCUT2D eigenvalue weighted by Crippen LogP contribution is -2.47. The molecule has 3 N–H and O–H groups in total. The van der Waals surface area contributed by atoms with Crippen molar-refractivity contribution >= 4 is 34.9 Å². The molecule has 1 heterocycles. The molecule has 3 amide bonds. The zero-order valence-corrected chi connectivity index (χ0v) is 25.2. The molecule has 1 aliphatic carbocycles. The molecule has 0 saturated heterocycles. The molecule has 1 aliphatic rings. The largest absolute Gasteiger partial charge is 0.490 e. The van der Waals surface area contributed by atoms with Gasteiger partial charge in [0.15, 0.2) is 11.6 Å². The van der Waals surface area contributed by atoms with Gasteiger partial charge in [-0.15, -0.1) is 0 Å². The summed E-state index contributed by atoms with van der Waals surface area (Å²) in [4.78, 5) is 45.5. The highest BCUT2D eigenvalue weighted by Crippen LogP contribution is 2.35. The van der Waals surface area contributed by atoms with E-state index in [0.29, 0.717) is 23.7 Å². The third kappa shape index (κ3) is 9.55. The number of alkyl carbamates (subject to hydrolysis) is 1. The summed E-state index contributed by atoms with van der Waals surface area (Å²) < 4.78 is 52.6. The minimum atomic E-state index is -4.72. The average molecular weight is 604 g/mol. The number of Topliss-reactive ketones (excluding diaryl/α,β-unsaturated/α-hetero) is 1. The number of hydrogen-bond donors (Lipinski definition) is 3. The lowest BCUT2D eigenvalue weighted by molar-refractivity contribution is -0.138. The van der Waals surface area contributed by atoms with E-state index in [1.807, 2.05) is 0 Å². The number of hydrogen-bond acceptors (Lipinski definition) is 7. The van der Waals surface area contributed by atoms with E-state index < -0.39 is 35.0 Å². The zero-order chi connectivity index (χ0) is 32.2. The van der Waals surface area contributed by atoms with E-state index in [-0.39, 0.29) is 41.3 Å². The molecule has 0 atom stereocenters. The summed E-state index contributed by atoms with van der Waals surface area (Å²) in [5, 5.41) is 7.56. The van der Waals surface area contributed by atoms with Crippen LogP contribution in [0.2, 0.25) is 0 Å². The second kappa shape index (κ2) is 12.8. The van der Waals surface area contributed by atoms with Gasteiger partial charge in [0.05, 0.1) is 29.7 Å². The van der Waals surface area contributed by atoms with E-state index in [1.54, 1.807) is 60.6 Å². The Bertz CT molecular complexity index is 1460. The first-order valence-corrected chi connectivity index (χ1v) is 13.6. The third-order valence-corrected chi connectivity index (χ3v) is 6.00. The number of allylic oxidation sites excluding steroid dienone is 4. The molecular weight excluding hydrogens is 567 g/mol. The Labute approximate surface area is 248 Å². The monoisotopic (exact) mass is 603 g/mol. The molecule has 232 valence electrons. The summed E-state index contributed by atoms with van der Waals surface area (Å²) in [6, 6.07) is 2.64. The first-order chi connectivity index (χ1) is 19.9. The van der Waals surface area contributed by atoms with E-state index in [2.05, 4.69) is 25.9 Å². The second-order valence-electron chi connectivity index (χ2n) is 11.6. The topological polar surface area (TPSA) is 132 Å². The molecular formula is C30H36F3N5O5. The number of ketones is 1. The van der Waals surface area contributed by atoms with Crippen molar-refractivity contribution in [1.82, 2.24) is 15.3 Å². The van der Waals surface area contributed by atoms with Gasteiger partial charge in [0.25, 0.3) is 0 Å². The number of amides is 3. The van der Waals surface area contributed by atoms with Crippen LogP contribution < -0.4 is 16.0 Å². The first kappa shape index (κ1) is 33.1. The Kier molecular flexibility index (Phi) is 9.88. The van der Waals surface area contributed by atoms with Gasteiger partial charge in [0.1, 0.15) is 5.60 Å². The van der Waals surface area contributed by atoms with Crippen molar-refractivity contribution in [1.29, 1.82) is 0 Å². The number of nitrogens with zero attached hydrogens (tertiary/aromatic N) is 2. The lowest BCUT2D eigenvalue weighted by atomic mass is 9.91. The molecule has 1 aromatic carbocycles. The number of nitrogens with one attached hydrogen (secondary N) is 3. The fourth-order valence-electron chi connectivity index (χ4n) is 4.20. The van der Waals surface area contributed by atoms with E-state index in [4.69, 9.17) is 9.47 Å². The van der Waals surface area contributed by atoms with Crippen LogP contribution in [0, 0.1) is 6.92 Å². The van der Waals surface area contributed by atoms with Gasteiger partial charge in [-0.2, -0.15) is 13.2 Å². The van der Waals surface area contributed by atoms with Gasteiger partial charge in [0, 0.05) is 23.2 Å². The van der Waals surface area contributed by atoms with Crippen molar-refractivity contribution in [2.75, 3.05) is 17.2 Å². The van der Waals surface area contributed by atoms with Crippen LogP contribution in [0.4, 0.5) is 34.1 Å². The van der Waals surface area contributed by atoms with Gasteiger partial charge in [0.2, 0.25) is 5.78 Å². The van der Waals surface area contributed by atoms with Crippen molar-refractivity contribution in [2.45, 2.75) is 78.6 Å². The van der Waals surface area contributed by atoms with Crippen LogP contribution in [0.1, 0.15) is 70.6 Å². The first-order valence-electron chi connectivity index (χ1n) is 13.6. The van der Waals surface area contributed by atoms with E-state index in [9.17, 15) is 27.6 Å². The fourth-order valence-corrected chi connectivity index (χ4v) is 4.20. The summed E-state index contributed by atoms with van der Waals surface area (Å²) >= 11 is 0. The summed E-state index contributed by atoms with van der Waals surface area (Å²) in [7, 11) is 0. The Morgan fingerprint density at radius 1 is 1.07 bits per heavy atom. The molecule has 13 heteroatoms. The highest BCUT2D eigenvalue weighted by molar-refractivity contribution is 6.01. The van der Waals surface area contributed by atoms with Crippen LogP contribution in [0.3, 0.4) is 0 Å². The minimum absolute atomic E-state index is 0.0698. The number of aromatic nitrogens is 2. The van der Waals surface area contributed by atoms with Crippen molar-refractivity contribution in [3.05, 3.63) is 65.0 Å². The molecule has 43 heavy (non-hydrogen) atoms. The maximum Gasteiger partial charge on any atom is 0.416 e. The molecule has 2 aromatic rings. The molecule has 0 bridgehead atoms. The maximum absolute atomic E-state index is 14.0. The molecule has 0 unspecified atom stereocenters. The number of carbonyl (C=O) groups is 3. The van der Waals surface area contributed by atoms with E-state index in [1.165, 1.54) is 18.3 Å². The third-order valence-electron chi connectivity index (χ3n) is 6.00. The van der Waals surface area contributed by atoms with Gasteiger partial charge >= 0.3 is 18.3 Å². The molecule has 3 rings (SSSR count). The van der Waals surface area contributed by atoms with Crippen LogP contribution >= 0.6 is 0 Å². The Morgan fingerprint density at radius 2 is 1.77 bits per heavy atom. The minimum Gasteiger partial charge on any atom is -0.490 e. The molecule has 0 fully saturated rings. The maximum atomic E-state index is 14.0. The van der Waals surface area contributed by atoms with Crippen LogP contribution in [0.5, 0.6) is 0 Å². The number of rotatable bonds is 8. The van der Waals surface area contributed by atoms with Crippen molar-refractivity contribution in [2.24, 2.45) is 0 Å². The number of ether oxygens (including phenoxy) is 2. The van der Waals surface area contributed by atoms with E-state index in [0.717, 1.165) is 6.07 Å². The fraction of sp³-hybridized carbons (Fsp3) is 0.433. The van der Waals surface area contributed by atoms with Crippen LogP contribution in [-0.4, -0.2) is 45.6 Å². The molecule has 0 spiro atoms. The number of anilines is 2. The molecule has 10 nitrogen and oxygen atoms in total. The molecule has 0 radical (unpaired) electrons. The lowest BCUT2D eigenvalue weighted by Gasteiger charge is -2.29. The Morgan fingerprint density at radius 3 is 2.37 bits per heavy atom. The van der Waals surface area contributed by atoms with Gasteiger partial charge < -0.3 is 25.4 Å². The quantitative estimate of drug-likeness (QED) is 0.311. The van der Waals surface area contributed by atoms with Crippen LogP contribution in [0.15, 0.2) is 42.3 Å². The summed E-state index contributed by atoms with van der Waals surface area (Å²) in [6.07, 6.45) is -0.875. The van der Waals surface area contributed by atoms with Crippen molar-refractivity contribution in [3.8, 4) is 0 Å². The van der Waals surface area contributed by atoms with E-state index >= 15 is 0 Å². The number of halogens is 3. The normalized spacial score (nSPS) is 14.0. The number of urea groups is 1. The standard InChI is InChI=1S/C30H36F3N5O5/c1-8-42-24-13-18(10-12-23(24)39)25-34-16-22(17(2)35-25)37-26(40)36-20-11-9-19(21(14-20)30(31,32)33)15-29(6,7)38-27(41)43-28(3,4)5/h9-11,13-14,16H,8,12,15H2,1-7H3,(H,38,41)(H2,36,37,40). The smallest absolute Gasteiger partial charge is 0.416 e. The molecule has 1 aromatic heterocycles. The number of aryl methyl sites for hydroxylation is 1. The summed E-state index contributed by atoms with van der Waals surface area (Å²) in [6.45, 7) is 12.0. The number of benzene rings is 1. The van der Waals surface area contributed by atoms with Crippen LogP contribution in [-0.2, 0) is 26.9 Å². The predicted molar refractivity (Wildman–Crippen MR) is 155 cm³/mol. The summed E-state index contributed by atoms with van der Waals surface area (Å²) in [5.41, 5.74) is -1.72. The average Bonchev–Trinajstić information content (AvgIpc) is 2.85. The summed E-state index contributed by atoms with van der Waals surface area (Å²) in [5.74, 6) is 0.387. The number of carbonyl (C=O) groups excluding carboxylic acids is 3. The van der Waals surface area contributed by atoms with Gasteiger partial charge in [-0.3, -0.25) is 4.79 Å². The molecule has 0 aliphatic heterocycles.